The monoisotopic (exact) mass is 328 g/mol. The van der Waals surface area contributed by atoms with E-state index in [9.17, 15) is 4.79 Å². The Morgan fingerprint density at radius 3 is 3.04 bits per heavy atom. The van der Waals surface area contributed by atoms with Crippen molar-refractivity contribution in [3.8, 4) is 0 Å². The second-order valence-electron chi connectivity index (χ2n) is 5.49. The molecule has 2 heterocycles. The van der Waals surface area contributed by atoms with Gasteiger partial charge in [0, 0.05) is 38.6 Å². The Bertz CT molecular complexity index is 837. The van der Waals surface area contributed by atoms with Gasteiger partial charge >= 0.3 is 6.03 Å². The third kappa shape index (κ3) is 3.75. The minimum absolute atomic E-state index is 0.274. The molecule has 0 saturated carbocycles. The van der Waals surface area contributed by atoms with Crippen LogP contribution in [0.3, 0.4) is 0 Å². The van der Waals surface area contributed by atoms with Gasteiger partial charge in [-0.25, -0.2) is 4.79 Å². The fourth-order valence-corrected chi connectivity index (χ4v) is 2.44. The number of ether oxygens (including phenoxy) is 1. The molecule has 2 aromatic heterocycles. The number of hydrogen-bond acceptors (Lipinski definition) is 4. The fourth-order valence-electron chi connectivity index (χ4n) is 2.44. The van der Waals surface area contributed by atoms with E-state index in [0.29, 0.717) is 25.4 Å². The van der Waals surface area contributed by atoms with Gasteiger partial charge in [-0.2, -0.15) is 5.10 Å². The summed E-state index contributed by atoms with van der Waals surface area (Å²) in [6.45, 7) is 1.03. The summed E-state index contributed by atoms with van der Waals surface area (Å²) in [5.74, 6) is 0.642. The van der Waals surface area contributed by atoms with E-state index in [2.05, 4.69) is 15.7 Å². The van der Waals surface area contributed by atoms with Crippen LogP contribution in [0.5, 0.6) is 0 Å². The van der Waals surface area contributed by atoms with Crippen molar-refractivity contribution < 1.29 is 13.9 Å². The lowest BCUT2D eigenvalue weighted by Gasteiger charge is -2.07. The predicted octanol–water partition coefficient (Wildman–Crippen LogP) is 2.68. The summed E-state index contributed by atoms with van der Waals surface area (Å²) in [5, 5.41) is 11.0. The molecule has 0 radical (unpaired) electrons. The molecular weight excluding hydrogens is 308 g/mol. The first-order valence-electron chi connectivity index (χ1n) is 7.68. The highest BCUT2D eigenvalue weighted by Gasteiger charge is 2.09. The van der Waals surface area contributed by atoms with Gasteiger partial charge < -0.3 is 14.5 Å². The topological polar surface area (TPSA) is 81.3 Å². The number of hydrogen-bond donors (Lipinski definition) is 2. The molecule has 126 valence electrons. The quantitative estimate of drug-likeness (QED) is 0.729. The largest absolute Gasteiger partial charge is 0.464 e. The molecule has 24 heavy (non-hydrogen) atoms. The van der Waals surface area contributed by atoms with Crippen LogP contribution in [-0.4, -0.2) is 29.5 Å². The molecule has 0 atom stereocenters. The van der Waals surface area contributed by atoms with E-state index in [1.807, 2.05) is 30.3 Å². The average Bonchev–Trinajstić information content (AvgIpc) is 3.17. The molecule has 0 fully saturated rings. The van der Waals surface area contributed by atoms with Crippen molar-refractivity contribution in [3.63, 3.8) is 0 Å². The van der Waals surface area contributed by atoms with Crippen molar-refractivity contribution in [1.82, 2.24) is 15.1 Å². The standard InChI is InChI=1S/C17H20N4O3/c1-21-16(10-14(20-21)6-7-23-2)19-17(22)18-11-12-3-4-15-13(9-12)5-8-24-15/h3-5,8-10H,6-7,11H2,1-2H3,(H2,18,19,22). The molecule has 0 bridgehead atoms. The van der Waals surface area contributed by atoms with Crippen LogP contribution in [0.2, 0.25) is 0 Å². The number of methoxy groups -OCH3 is 1. The zero-order chi connectivity index (χ0) is 16.9. The summed E-state index contributed by atoms with van der Waals surface area (Å²) in [6.07, 6.45) is 2.36. The number of rotatable bonds is 6. The molecule has 7 nitrogen and oxygen atoms in total. The molecular formula is C17H20N4O3. The lowest BCUT2D eigenvalue weighted by atomic mass is 10.1. The number of fused-ring (bicyclic) bond motifs is 1. The second kappa shape index (κ2) is 7.18. The van der Waals surface area contributed by atoms with Crippen LogP contribution in [0.1, 0.15) is 11.3 Å². The van der Waals surface area contributed by atoms with E-state index in [1.165, 1.54) is 0 Å². The number of nitrogens with zero attached hydrogens (tertiary/aromatic N) is 2. The summed E-state index contributed by atoms with van der Waals surface area (Å²) >= 11 is 0. The van der Waals surface area contributed by atoms with Crippen LogP contribution in [0.15, 0.2) is 41.0 Å². The molecule has 0 saturated heterocycles. The van der Waals surface area contributed by atoms with E-state index >= 15 is 0 Å². The average molecular weight is 328 g/mol. The van der Waals surface area contributed by atoms with Crippen molar-refractivity contribution >= 4 is 22.8 Å². The number of benzene rings is 1. The van der Waals surface area contributed by atoms with Crippen molar-refractivity contribution in [3.05, 3.63) is 47.9 Å². The third-order valence-electron chi connectivity index (χ3n) is 3.70. The van der Waals surface area contributed by atoms with E-state index in [-0.39, 0.29) is 6.03 Å². The van der Waals surface area contributed by atoms with Crippen LogP contribution < -0.4 is 10.6 Å². The molecule has 3 rings (SSSR count). The van der Waals surface area contributed by atoms with Crippen LogP contribution >= 0.6 is 0 Å². The van der Waals surface area contributed by atoms with Gasteiger partial charge in [0.2, 0.25) is 0 Å². The minimum Gasteiger partial charge on any atom is -0.464 e. The molecule has 2 amide bonds. The number of urea groups is 1. The van der Waals surface area contributed by atoms with Crippen molar-refractivity contribution in [1.29, 1.82) is 0 Å². The van der Waals surface area contributed by atoms with E-state index < -0.39 is 0 Å². The van der Waals surface area contributed by atoms with Gasteiger partial charge in [0.15, 0.2) is 0 Å². The first kappa shape index (κ1) is 16.1. The van der Waals surface area contributed by atoms with Crippen molar-refractivity contribution in [2.45, 2.75) is 13.0 Å². The second-order valence-corrected chi connectivity index (χ2v) is 5.49. The Labute approximate surface area is 139 Å². The molecule has 2 N–H and O–H groups in total. The van der Waals surface area contributed by atoms with E-state index in [1.54, 1.807) is 25.1 Å². The van der Waals surface area contributed by atoms with Gasteiger partial charge in [-0.05, 0) is 23.8 Å². The number of aryl methyl sites for hydroxylation is 1. The highest BCUT2D eigenvalue weighted by molar-refractivity contribution is 5.88. The maximum atomic E-state index is 12.1. The fraction of sp³-hybridized carbons (Fsp3) is 0.294. The first-order valence-corrected chi connectivity index (χ1v) is 7.68. The summed E-state index contributed by atoms with van der Waals surface area (Å²) in [5.41, 5.74) is 2.71. The maximum absolute atomic E-state index is 12.1. The number of furan rings is 1. The van der Waals surface area contributed by atoms with Gasteiger partial charge in [0.1, 0.15) is 11.4 Å². The molecule has 0 unspecified atom stereocenters. The highest BCUT2D eigenvalue weighted by atomic mass is 16.5. The summed E-state index contributed by atoms with van der Waals surface area (Å²) in [4.78, 5) is 12.1. The van der Waals surface area contributed by atoms with Crippen LogP contribution in [0.4, 0.5) is 10.6 Å². The predicted molar refractivity (Wildman–Crippen MR) is 90.9 cm³/mol. The zero-order valence-corrected chi connectivity index (χ0v) is 13.7. The number of anilines is 1. The Morgan fingerprint density at radius 1 is 1.33 bits per heavy atom. The molecule has 3 aromatic rings. The minimum atomic E-state index is -0.274. The summed E-state index contributed by atoms with van der Waals surface area (Å²) in [7, 11) is 3.44. The van der Waals surface area contributed by atoms with Gasteiger partial charge in [-0.15, -0.1) is 0 Å². The van der Waals surface area contributed by atoms with Gasteiger partial charge in [-0.3, -0.25) is 10.00 Å². The number of nitrogens with one attached hydrogen (secondary N) is 2. The van der Waals surface area contributed by atoms with E-state index in [4.69, 9.17) is 9.15 Å². The van der Waals surface area contributed by atoms with Crippen LogP contribution in [-0.2, 0) is 24.8 Å². The lowest BCUT2D eigenvalue weighted by Crippen LogP contribution is -2.29. The lowest BCUT2D eigenvalue weighted by molar-refractivity contribution is 0.201. The highest BCUT2D eigenvalue weighted by Crippen LogP contribution is 2.17. The summed E-state index contributed by atoms with van der Waals surface area (Å²) in [6, 6.07) is 9.29. The number of carbonyl (C=O) groups excluding carboxylic acids is 1. The molecule has 0 spiro atoms. The maximum Gasteiger partial charge on any atom is 0.320 e. The number of carbonyl (C=O) groups is 1. The Balaban J connectivity index is 1.56. The number of aromatic nitrogens is 2. The SMILES string of the molecule is COCCc1cc(NC(=O)NCc2ccc3occc3c2)n(C)n1. The Morgan fingerprint density at radius 2 is 2.21 bits per heavy atom. The molecule has 0 aliphatic rings. The van der Waals surface area contributed by atoms with Gasteiger partial charge in [0.05, 0.1) is 18.6 Å². The van der Waals surface area contributed by atoms with Crippen LogP contribution in [0.25, 0.3) is 11.0 Å². The number of amides is 2. The zero-order valence-electron chi connectivity index (χ0n) is 13.7. The normalized spacial score (nSPS) is 10.9. The Kier molecular flexibility index (Phi) is 4.81. The molecule has 1 aromatic carbocycles. The van der Waals surface area contributed by atoms with Gasteiger partial charge in [-0.1, -0.05) is 6.07 Å². The summed E-state index contributed by atoms with van der Waals surface area (Å²) < 4.78 is 12.0. The van der Waals surface area contributed by atoms with Crippen molar-refractivity contribution in [2.24, 2.45) is 7.05 Å². The molecule has 0 aliphatic heterocycles. The smallest absolute Gasteiger partial charge is 0.320 e. The third-order valence-corrected chi connectivity index (χ3v) is 3.70. The molecule has 7 heteroatoms. The van der Waals surface area contributed by atoms with Gasteiger partial charge in [0.25, 0.3) is 0 Å². The van der Waals surface area contributed by atoms with Crippen molar-refractivity contribution in [2.75, 3.05) is 19.0 Å². The first-order chi connectivity index (χ1) is 11.7. The molecule has 0 aliphatic carbocycles. The Hall–Kier alpha value is -2.80. The van der Waals surface area contributed by atoms with Crippen LogP contribution in [0, 0.1) is 0 Å². The van der Waals surface area contributed by atoms with E-state index in [0.717, 1.165) is 22.2 Å².